The maximum absolute atomic E-state index is 11.3. The van der Waals surface area contributed by atoms with E-state index in [1.165, 1.54) is 14.2 Å². The molecule has 0 rings (SSSR count). The molecule has 0 aromatic rings. The third-order valence-electron chi connectivity index (χ3n) is 2.04. The maximum atomic E-state index is 11.3. The Hall–Kier alpha value is -0.780. The second-order valence-electron chi connectivity index (χ2n) is 3.29. The average molecular weight is 296 g/mol. The van der Waals surface area contributed by atoms with Gasteiger partial charge in [-0.15, -0.1) is 0 Å². The third-order valence-corrected chi connectivity index (χ3v) is 2.79. The smallest absolute Gasteiger partial charge is 0.419 e. The number of alkyl halides is 1. The van der Waals surface area contributed by atoms with Crippen molar-refractivity contribution in [1.82, 2.24) is 4.90 Å². The number of amides is 2. The van der Waals surface area contributed by atoms with Gasteiger partial charge in [-0.3, -0.25) is 0 Å². The molecule has 2 amide bonds. The van der Waals surface area contributed by atoms with Gasteiger partial charge in [-0.2, -0.15) is 0 Å². The molecule has 0 aliphatic heterocycles. The van der Waals surface area contributed by atoms with Crippen molar-refractivity contribution in [2.45, 2.75) is 31.0 Å². The molecule has 1 atom stereocenters. The number of hydrogen-bond acceptors (Lipinski definition) is 4. The van der Waals surface area contributed by atoms with E-state index in [9.17, 15) is 9.59 Å². The van der Waals surface area contributed by atoms with Crippen molar-refractivity contribution in [3.63, 3.8) is 0 Å². The number of methoxy groups -OCH3 is 2. The molecule has 0 saturated heterocycles. The molecular formula is C10H18BrNO4. The molecule has 0 aromatic heterocycles. The van der Waals surface area contributed by atoms with Crippen LogP contribution in [0, 0.1) is 0 Å². The van der Waals surface area contributed by atoms with Crippen LogP contribution in [0.4, 0.5) is 9.59 Å². The standard InChI is InChI=1S/C10H18BrNO4/c1-4-5-6-8(11)7-12(9(13)15-2)10(14)16-3/h8H,4-7H2,1-3H3. The van der Waals surface area contributed by atoms with E-state index < -0.39 is 12.2 Å². The minimum Gasteiger partial charge on any atom is -0.452 e. The van der Waals surface area contributed by atoms with Gasteiger partial charge in [-0.05, 0) is 6.42 Å². The van der Waals surface area contributed by atoms with Gasteiger partial charge < -0.3 is 9.47 Å². The number of imide groups is 1. The van der Waals surface area contributed by atoms with Gasteiger partial charge in [0.15, 0.2) is 0 Å². The number of rotatable bonds is 5. The molecule has 0 spiro atoms. The van der Waals surface area contributed by atoms with Gasteiger partial charge in [-0.25, -0.2) is 14.5 Å². The summed E-state index contributed by atoms with van der Waals surface area (Å²) in [4.78, 5) is 23.6. The Bertz CT molecular complexity index is 219. The fraction of sp³-hybridized carbons (Fsp3) is 0.800. The fourth-order valence-corrected chi connectivity index (χ4v) is 1.77. The van der Waals surface area contributed by atoms with Crippen molar-refractivity contribution < 1.29 is 19.1 Å². The van der Waals surface area contributed by atoms with Crippen LogP contribution in [0.15, 0.2) is 0 Å². The van der Waals surface area contributed by atoms with Crippen LogP contribution in [0.1, 0.15) is 26.2 Å². The second-order valence-corrected chi connectivity index (χ2v) is 4.59. The lowest BCUT2D eigenvalue weighted by Crippen LogP contribution is -2.40. The van der Waals surface area contributed by atoms with Crippen molar-refractivity contribution >= 4 is 28.1 Å². The first-order valence-corrected chi connectivity index (χ1v) is 6.05. The van der Waals surface area contributed by atoms with Gasteiger partial charge in [0.1, 0.15) is 0 Å². The molecule has 0 radical (unpaired) electrons. The molecule has 0 heterocycles. The molecule has 6 heteroatoms. The number of nitrogens with zero attached hydrogens (tertiary/aromatic N) is 1. The van der Waals surface area contributed by atoms with Gasteiger partial charge in [-0.1, -0.05) is 35.7 Å². The summed E-state index contributed by atoms with van der Waals surface area (Å²) < 4.78 is 9.01. The number of unbranched alkanes of at least 4 members (excludes halogenated alkanes) is 1. The topological polar surface area (TPSA) is 55.8 Å². The van der Waals surface area contributed by atoms with Crippen LogP contribution in [0.25, 0.3) is 0 Å². The first-order valence-electron chi connectivity index (χ1n) is 5.14. The van der Waals surface area contributed by atoms with E-state index in [-0.39, 0.29) is 11.4 Å². The lowest BCUT2D eigenvalue weighted by atomic mass is 10.2. The quantitative estimate of drug-likeness (QED) is 0.732. The molecule has 0 fully saturated rings. The molecule has 0 N–H and O–H groups in total. The minimum absolute atomic E-state index is 0.0608. The van der Waals surface area contributed by atoms with E-state index in [0.717, 1.165) is 24.2 Å². The third kappa shape index (κ3) is 5.34. The van der Waals surface area contributed by atoms with Gasteiger partial charge >= 0.3 is 12.2 Å². The summed E-state index contributed by atoms with van der Waals surface area (Å²) in [5.74, 6) is 0. The van der Waals surface area contributed by atoms with E-state index in [1.54, 1.807) is 0 Å². The predicted octanol–water partition coefficient (Wildman–Crippen LogP) is 2.77. The highest BCUT2D eigenvalue weighted by atomic mass is 79.9. The van der Waals surface area contributed by atoms with Crippen molar-refractivity contribution in [1.29, 1.82) is 0 Å². The van der Waals surface area contributed by atoms with Crippen LogP contribution in [0.3, 0.4) is 0 Å². The zero-order valence-electron chi connectivity index (χ0n) is 9.86. The highest BCUT2D eigenvalue weighted by Crippen LogP contribution is 2.13. The summed E-state index contributed by atoms with van der Waals surface area (Å²) in [6.07, 6.45) is 1.59. The number of carbonyl (C=O) groups excluding carboxylic acids is 2. The lowest BCUT2D eigenvalue weighted by Gasteiger charge is -2.20. The first kappa shape index (κ1) is 15.2. The highest BCUT2D eigenvalue weighted by molar-refractivity contribution is 9.09. The molecule has 16 heavy (non-hydrogen) atoms. The lowest BCUT2D eigenvalue weighted by molar-refractivity contribution is 0.0985. The first-order chi connectivity index (χ1) is 7.56. The van der Waals surface area contributed by atoms with Crippen LogP contribution in [0.5, 0.6) is 0 Å². The Morgan fingerprint density at radius 1 is 1.25 bits per heavy atom. The second kappa shape index (κ2) is 8.38. The minimum atomic E-state index is -0.701. The molecule has 0 aliphatic rings. The average Bonchev–Trinajstić information content (AvgIpc) is 2.31. The summed E-state index contributed by atoms with van der Waals surface area (Å²) in [7, 11) is 2.46. The monoisotopic (exact) mass is 295 g/mol. The van der Waals surface area contributed by atoms with Gasteiger partial charge in [0, 0.05) is 11.4 Å². The van der Waals surface area contributed by atoms with Crippen molar-refractivity contribution in [3.8, 4) is 0 Å². The van der Waals surface area contributed by atoms with Gasteiger partial charge in [0.05, 0.1) is 14.2 Å². The molecule has 5 nitrogen and oxygen atoms in total. The molecule has 0 aromatic carbocycles. The Balaban J connectivity index is 4.31. The summed E-state index contributed by atoms with van der Waals surface area (Å²) >= 11 is 3.42. The Kier molecular flexibility index (Phi) is 7.97. The van der Waals surface area contributed by atoms with E-state index >= 15 is 0 Å². The van der Waals surface area contributed by atoms with E-state index in [4.69, 9.17) is 0 Å². The van der Waals surface area contributed by atoms with Crippen molar-refractivity contribution in [2.24, 2.45) is 0 Å². The normalized spacial score (nSPS) is 11.8. The molecule has 0 saturated carbocycles. The number of hydrogen-bond donors (Lipinski definition) is 0. The van der Waals surface area contributed by atoms with E-state index in [2.05, 4.69) is 32.3 Å². The molecule has 0 aliphatic carbocycles. The summed E-state index contributed by atoms with van der Waals surface area (Å²) in [5, 5.41) is 0. The number of halogens is 1. The largest absolute Gasteiger partial charge is 0.452 e. The zero-order valence-corrected chi connectivity index (χ0v) is 11.4. The summed E-state index contributed by atoms with van der Waals surface area (Å²) in [5.41, 5.74) is 0. The van der Waals surface area contributed by atoms with E-state index in [1.807, 2.05) is 0 Å². The van der Waals surface area contributed by atoms with Crippen LogP contribution >= 0.6 is 15.9 Å². The maximum Gasteiger partial charge on any atom is 0.419 e. The Morgan fingerprint density at radius 2 is 1.75 bits per heavy atom. The summed E-state index contributed by atoms with van der Waals surface area (Å²) in [6.45, 7) is 2.33. The number of carbonyl (C=O) groups is 2. The van der Waals surface area contributed by atoms with Gasteiger partial charge in [0.25, 0.3) is 0 Å². The molecule has 0 bridgehead atoms. The fourth-order valence-electron chi connectivity index (χ4n) is 1.16. The summed E-state index contributed by atoms with van der Waals surface area (Å²) in [6, 6.07) is 0. The molecular weight excluding hydrogens is 278 g/mol. The van der Waals surface area contributed by atoms with Crippen LogP contribution in [-0.2, 0) is 9.47 Å². The van der Waals surface area contributed by atoms with Gasteiger partial charge in [0.2, 0.25) is 0 Å². The zero-order chi connectivity index (χ0) is 12.6. The van der Waals surface area contributed by atoms with Crippen molar-refractivity contribution in [3.05, 3.63) is 0 Å². The van der Waals surface area contributed by atoms with Crippen LogP contribution in [-0.4, -0.2) is 42.7 Å². The SMILES string of the molecule is CCCCC(Br)CN(C(=O)OC)C(=O)OC. The van der Waals surface area contributed by atoms with Crippen molar-refractivity contribution in [2.75, 3.05) is 20.8 Å². The predicted molar refractivity (Wildman–Crippen MR) is 63.8 cm³/mol. The van der Waals surface area contributed by atoms with Crippen LogP contribution in [0.2, 0.25) is 0 Å². The molecule has 94 valence electrons. The van der Waals surface area contributed by atoms with E-state index in [0.29, 0.717) is 0 Å². The number of ether oxygens (including phenoxy) is 2. The Labute approximate surface area is 104 Å². The molecule has 1 unspecified atom stereocenters. The Morgan fingerprint density at radius 3 is 2.12 bits per heavy atom. The van der Waals surface area contributed by atoms with Crippen LogP contribution < -0.4 is 0 Å². The highest BCUT2D eigenvalue weighted by Gasteiger charge is 2.25.